The van der Waals surface area contributed by atoms with Crippen molar-refractivity contribution >= 4 is 11.0 Å². The van der Waals surface area contributed by atoms with E-state index >= 15 is 0 Å². The number of hydrogen-bond donors (Lipinski definition) is 1. The fraction of sp³-hybridized carbons (Fsp3) is 0.0588. The summed E-state index contributed by atoms with van der Waals surface area (Å²) in [5, 5.41) is 11.9. The molecule has 4 nitrogen and oxygen atoms in total. The molecule has 9 aromatic rings. The minimum Gasteiger partial charge on any atom is -0.507 e. The molecule has 0 radical (unpaired) electrons. The third-order valence-electron chi connectivity index (χ3n) is 11.0. The molecule has 2 aromatic heterocycles. The molecule has 0 spiro atoms. The van der Waals surface area contributed by atoms with Gasteiger partial charge < -0.3 is 5.11 Å². The van der Waals surface area contributed by atoms with Gasteiger partial charge in [0, 0.05) is 44.1 Å². The number of para-hydroxylation sites is 2. The molecule has 0 bridgehead atoms. The summed E-state index contributed by atoms with van der Waals surface area (Å²) >= 11 is 0. The van der Waals surface area contributed by atoms with E-state index in [0.29, 0.717) is 11.4 Å². The van der Waals surface area contributed by atoms with E-state index in [2.05, 4.69) is 152 Å². The Labute approximate surface area is 341 Å². The van der Waals surface area contributed by atoms with Crippen molar-refractivity contribution in [3.63, 3.8) is 0 Å². The van der Waals surface area contributed by atoms with E-state index in [1.54, 1.807) is 0 Å². The van der Waals surface area contributed by atoms with Crippen LogP contribution in [0.4, 0.5) is 0 Å². The van der Waals surface area contributed by atoms with Gasteiger partial charge in [-0.3, -0.25) is 9.55 Å². The average Bonchev–Trinajstić information content (AvgIpc) is 3.73. The molecule has 1 N–H and O–H groups in total. The van der Waals surface area contributed by atoms with E-state index in [-0.39, 0.29) is 32.2 Å². The summed E-state index contributed by atoms with van der Waals surface area (Å²) in [5.74, 6) is 0.880. The van der Waals surface area contributed by atoms with Crippen LogP contribution in [0.25, 0.3) is 83.9 Å². The summed E-state index contributed by atoms with van der Waals surface area (Å²) in [4.78, 5) is 10.3. The Morgan fingerprint density at radius 1 is 0.536 bits per heavy atom. The second-order valence-corrected chi connectivity index (χ2v) is 14.7. The molecule has 1 aliphatic carbocycles. The molecule has 0 atom stereocenters. The Kier molecular flexibility index (Phi) is 8.87. The molecule has 0 unspecified atom stereocenters. The van der Waals surface area contributed by atoms with Crippen LogP contribution in [0.2, 0.25) is 0 Å². The van der Waals surface area contributed by atoms with Gasteiger partial charge in [-0.1, -0.05) is 152 Å². The van der Waals surface area contributed by atoms with Gasteiger partial charge in [0.2, 0.25) is 0 Å². The zero-order valence-corrected chi connectivity index (χ0v) is 33.1. The number of fused-ring (bicyclic) bond motifs is 4. The van der Waals surface area contributed by atoms with E-state index in [4.69, 9.17) is 9.97 Å². The SMILES string of the molecule is CC1(C)c2ccccc2-c2cc(-c3nc4c(-c5[c-]c(-c6cc(-c7ccccc7)ccn6)cc(-c6ccccc6)c5)cccc4n3-c3ccccc3)c(O)cc21.[Pt]. The first kappa shape index (κ1) is 35.4. The number of benzene rings is 7. The van der Waals surface area contributed by atoms with Crippen LogP contribution in [-0.2, 0) is 26.5 Å². The molecule has 56 heavy (non-hydrogen) atoms. The van der Waals surface area contributed by atoms with Crippen molar-refractivity contribution in [2.24, 2.45) is 0 Å². The Bertz CT molecular complexity index is 2900. The van der Waals surface area contributed by atoms with Gasteiger partial charge >= 0.3 is 0 Å². The van der Waals surface area contributed by atoms with Crippen molar-refractivity contribution < 1.29 is 26.2 Å². The molecule has 0 amide bonds. The standard InChI is InChI=1S/C51H36N3O.Pt/c1-51(2)44-23-13-12-21-41(44)42-31-43(48(55)32-45(42)51)50-53-49-40(22-14-24-47(49)54(50)39-19-10-5-11-20-39)37-27-36(34-17-8-4-9-18-34)28-38(29-37)46-30-35(25-26-52-46)33-15-6-3-7-16-33;/h3-28,30-32,55H,1-2H3;/q-1;. The van der Waals surface area contributed by atoms with E-state index in [0.717, 1.165) is 72.5 Å². The molecule has 0 aliphatic heterocycles. The maximum absolute atomic E-state index is 11.9. The molecular weight excluding hydrogens is 866 g/mol. The minimum absolute atomic E-state index is 0. The molecular formula is C51H36N3OPt-. The van der Waals surface area contributed by atoms with E-state index in [9.17, 15) is 5.11 Å². The Balaban J connectivity index is 0.00000410. The number of aromatic hydroxyl groups is 1. The first-order chi connectivity index (χ1) is 26.9. The normalized spacial score (nSPS) is 12.5. The zero-order chi connectivity index (χ0) is 37.1. The fourth-order valence-electron chi connectivity index (χ4n) is 8.29. The van der Waals surface area contributed by atoms with Crippen molar-refractivity contribution in [2.75, 3.05) is 0 Å². The van der Waals surface area contributed by atoms with Crippen molar-refractivity contribution in [1.82, 2.24) is 14.5 Å². The predicted octanol–water partition coefficient (Wildman–Crippen LogP) is 12.6. The average molecular weight is 902 g/mol. The van der Waals surface area contributed by atoms with Crippen LogP contribution in [0.3, 0.4) is 0 Å². The largest absolute Gasteiger partial charge is 0.507 e. The Hall–Kier alpha value is -6.35. The topological polar surface area (TPSA) is 50.9 Å². The number of aromatic nitrogens is 3. The first-order valence-corrected chi connectivity index (χ1v) is 18.6. The van der Waals surface area contributed by atoms with Crippen LogP contribution < -0.4 is 0 Å². The summed E-state index contributed by atoms with van der Waals surface area (Å²) in [6.07, 6.45) is 1.87. The van der Waals surface area contributed by atoms with Gasteiger partial charge in [-0.25, -0.2) is 4.98 Å². The summed E-state index contributed by atoms with van der Waals surface area (Å²) in [6.45, 7) is 4.45. The van der Waals surface area contributed by atoms with Crippen LogP contribution >= 0.6 is 0 Å². The maximum atomic E-state index is 11.9. The second-order valence-electron chi connectivity index (χ2n) is 14.7. The zero-order valence-electron chi connectivity index (χ0n) is 30.8. The van der Waals surface area contributed by atoms with E-state index in [1.807, 2.05) is 48.7 Å². The third kappa shape index (κ3) is 5.89. The van der Waals surface area contributed by atoms with Crippen molar-refractivity contribution in [1.29, 1.82) is 0 Å². The van der Waals surface area contributed by atoms with Crippen molar-refractivity contribution in [3.05, 3.63) is 193 Å². The van der Waals surface area contributed by atoms with Crippen molar-refractivity contribution in [3.8, 4) is 78.6 Å². The fourth-order valence-corrected chi connectivity index (χ4v) is 8.29. The summed E-state index contributed by atoms with van der Waals surface area (Å²) in [5.41, 5.74) is 15.8. The van der Waals surface area contributed by atoms with Crippen LogP contribution in [-0.4, -0.2) is 19.6 Å². The molecule has 0 fully saturated rings. The number of hydrogen-bond acceptors (Lipinski definition) is 3. The summed E-state index contributed by atoms with van der Waals surface area (Å²) in [7, 11) is 0. The molecule has 0 saturated carbocycles. The first-order valence-electron chi connectivity index (χ1n) is 18.6. The number of imidazole rings is 1. The van der Waals surface area contributed by atoms with Gasteiger partial charge in [-0.05, 0) is 75.3 Å². The predicted molar refractivity (Wildman–Crippen MR) is 224 cm³/mol. The van der Waals surface area contributed by atoms with Crippen molar-refractivity contribution in [2.45, 2.75) is 19.3 Å². The molecule has 5 heteroatoms. The van der Waals surface area contributed by atoms with Gasteiger partial charge in [0.25, 0.3) is 0 Å². The molecule has 10 rings (SSSR count). The van der Waals surface area contributed by atoms with Crippen LogP contribution in [0.5, 0.6) is 5.75 Å². The summed E-state index contributed by atoms with van der Waals surface area (Å²) < 4.78 is 2.17. The summed E-state index contributed by atoms with van der Waals surface area (Å²) in [6, 6.07) is 62.4. The van der Waals surface area contributed by atoms with Crippen LogP contribution in [0, 0.1) is 6.07 Å². The molecule has 272 valence electrons. The second kappa shape index (κ2) is 14.1. The van der Waals surface area contributed by atoms with Gasteiger partial charge in [-0.2, -0.15) is 0 Å². The Morgan fingerprint density at radius 2 is 1.18 bits per heavy atom. The van der Waals surface area contributed by atoms with Gasteiger partial charge in [0.05, 0.1) is 16.6 Å². The van der Waals surface area contributed by atoms with Crippen LogP contribution in [0.15, 0.2) is 176 Å². The van der Waals surface area contributed by atoms with Crippen LogP contribution in [0.1, 0.15) is 25.0 Å². The Morgan fingerprint density at radius 3 is 1.93 bits per heavy atom. The third-order valence-corrected chi connectivity index (χ3v) is 11.0. The van der Waals surface area contributed by atoms with Gasteiger partial charge in [0.1, 0.15) is 11.6 Å². The smallest absolute Gasteiger partial charge is 0.148 e. The van der Waals surface area contributed by atoms with E-state index in [1.165, 1.54) is 11.1 Å². The molecule has 7 aromatic carbocycles. The maximum Gasteiger partial charge on any atom is 0.148 e. The number of phenols is 1. The molecule has 0 saturated heterocycles. The van der Waals surface area contributed by atoms with E-state index < -0.39 is 0 Å². The monoisotopic (exact) mass is 901 g/mol. The number of rotatable bonds is 6. The van der Waals surface area contributed by atoms with Gasteiger partial charge in [-0.15, -0.1) is 23.8 Å². The number of nitrogens with zero attached hydrogens (tertiary/aromatic N) is 3. The molecule has 2 heterocycles. The quantitative estimate of drug-likeness (QED) is 0.169. The van der Waals surface area contributed by atoms with Gasteiger partial charge in [0.15, 0.2) is 0 Å². The number of pyridine rings is 1. The molecule has 1 aliphatic rings. The number of phenolic OH excluding ortho intramolecular Hbond substituents is 1. The minimum atomic E-state index is -0.235.